The van der Waals surface area contributed by atoms with Crippen LogP contribution in [-0.4, -0.2) is 36.6 Å². The van der Waals surface area contributed by atoms with E-state index in [4.69, 9.17) is 9.47 Å². The summed E-state index contributed by atoms with van der Waals surface area (Å²) in [5, 5.41) is 5.35. The first-order valence-corrected chi connectivity index (χ1v) is 10.6. The summed E-state index contributed by atoms with van der Waals surface area (Å²) in [5.41, 5.74) is 1.11. The quantitative estimate of drug-likeness (QED) is 0.733. The average Bonchev–Trinajstić information content (AvgIpc) is 3.18. The first kappa shape index (κ1) is 20.3. The van der Waals surface area contributed by atoms with Crippen LogP contribution in [0.15, 0.2) is 29.6 Å². The number of aromatic nitrogens is 1. The molecule has 1 heterocycles. The van der Waals surface area contributed by atoms with Gasteiger partial charge in [-0.05, 0) is 37.1 Å². The van der Waals surface area contributed by atoms with Crippen LogP contribution in [0.4, 0.5) is 0 Å². The molecule has 1 aliphatic rings. The molecule has 0 spiro atoms. The van der Waals surface area contributed by atoms with Gasteiger partial charge in [-0.3, -0.25) is 4.79 Å². The maximum absolute atomic E-state index is 12.2. The molecule has 1 aromatic heterocycles. The molecule has 150 valence electrons. The Bertz CT molecular complexity index is 780. The molecule has 28 heavy (non-hydrogen) atoms. The number of carbonyl (C=O) groups is 2. The van der Waals surface area contributed by atoms with Gasteiger partial charge in [0.25, 0.3) is 5.91 Å². The van der Waals surface area contributed by atoms with Gasteiger partial charge in [0.2, 0.25) is 0 Å². The summed E-state index contributed by atoms with van der Waals surface area (Å²) in [6, 6.07) is 7.64. The summed E-state index contributed by atoms with van der Waals surface area (Å²) >= 11 is 1.36. The summed E-state index contributed by atoms with van der Waals surface area (Å²) in [6.45, 7) is -0.273. The van der Waals surface area contributed by atoms with Crippen molar-refractivity contribution in [3.05, 3.63) is 35.3 Å². The molecule has 0 bridgehead atoms. The lowest BCUT2D eigenvalue weighted by molar-refractivity contribution is -0.125. The number of hydrogen-bond acceptors (Lipinski definition) is 6. The van der Waals surface area contributed by atoms with Crippen molar-refractivity contribution < 1.29 is 19.1 Å². The molecule has 2 aromatic rings. The number of nitrogens with zero attached hydrogens (tertiary/aromatic N) is 1. The topological polar surface area (TPSA) is 77.5 Å². The van der Waals surface area contributed by atoms with Crippen LogP contribution in [-0.2, 0) is 9.53 Å². The van der Waals surface area contributed by atoms with E-state index < -0.39 is 5.97 Å². The maximum Gasteiger partial charge on any atom is 0.358 e. The number of thiazole rings is 1. The van der Waals surface area contributed by atoms with Crippen molar-refractivity contribution in [1.29, 1.82) is 0 Å². The van der Waals surface area contributed by atoms with Crippen LogP contribution in [0, 0.1) is 0 Å². The molecule has 1 aromatic carbocycles. The summed E-state index contributed by atoms with van der Waals surface area (Å²) in [6.07, 6.45) is 8.00. The number of hydrogen-bond donors (Lipinski definition) is 1. The molecule has 1 amide bonds. The van der Waals surface area contributed by atoms with Crippen LogP contribution in [0.1, 0.15) is 55.4 Å². The second-order valence-corrected chi connectivity index (χ2v) is 7.81. The highest BCUT2D eigenvalue weighted by molar-refractivity contribution is 7.13. The van der Waals surface area contributed by atoms with Gasteiger partial charge in [0, 0.05) is 17.0 Å². The SMILES string of the molecule is COc1ccc(-c2nc(C(=O)OCC(=O)NC3CCCCCCC3)cs2)cc1. The molecule has 1 fully saturated rings. The smallest absolute Gasteiger partial charge is 0.358 e. The first-order valence-electron chi connectivity index (χ1n) is 9.72. The van der Waals surface area contributed by atoms with Crippen LogP contribution in [0.25, 0.3) is 10.6 Å². The number of carbonyl (C=O) groups excluding carboxylic acids is 2. The Hall–Kier alpha value is -2.41. The summed E-state index contributed by atoms with van der Waals surface area (Å²) in [7, 11) is 1.61. The average molecular weight is 403 g/mol. The minimum absolute atomic E-state index is 0.187. The molecule has 0 radical (unpaired) electrons. The van der Waals surface area contributed by atoms with Gasteiger partial charge in [-0.25, -0.2) is 9.78 Å². The van der Waals surface area contributed by atoms with Crippen LogP contribution in [0.3, 0.4) is 0 Å². The summed E-state index contributed by atoms with van der Waals surface area (Å²) < 4.78 is 10.3. The van der Waals surface area contributed by atoms with E-state index in [0.717, 1.165) is 37.0 Å². The Labute approximate surface area is 169 Å². The second-order valence-electron chi connectivity index (χ2n) is 6.95. The molecule has 0 unspecified atom stereocenters. The predicted molar refractivity (Wildman–Crippen MR) is 109 cm³/mol. The van der Waals surface area contributed by atoms with Crippen molar-refractivity contribution in [3.63, 3.8) is 0 Å². The van der Waals surface area contributed by atoms with Crippen molar-refractivity contribution in [2.75, 3.05) is 13.7 Å². The number of esters is 1. The summed E-state index contributed by atoms with van der Waals surface area (Å²) in [4.78, 5) is 28.6. The number of benzene rings is 1. The van der Waals surface area contributed by atoms with Crippen LogP contribution in [0.2, 0.25) is 0 Å². The van der Waals surface area contributed by atoms with E-state index in [1.165, 1.54) is 30.6 Å². The van der Waals surface area contributed by atoms with E-state index in [9.17, 15) is 9.59 Å². The van der Waals surface area contributed by atoms with Crippen molar-refractivity contribution >= 4 is 23.2 Å². The molecule has 1 aliphatic carbocycles. The minimum atomic E-state index is -0.580. The van der Waals surface area contributed by atoms with Crippen LogP contribution < -0.4 is 10.1 Å². The number of methoxy groups -OCH3 is 1. The van der Waals surface area contributed by atoms with Gasteiger partial charge in [-0.15, -0.1) is 11.3 Å². The normalized spacial score (nSPS) is 15.3. The highest BCUT2D eigenvalue weighted by Crippen LogP contribution is 2.26. The third-order valence-corrected chi connectivity index (χ3v) is 5.75. The van der Waals surface area contributed by atoms with Crippen LogP contribution in [0.5, 0.6) is 5.75 Å². The molecule has 1 N–H and O–H groups in total. The number of nitrogens with one attached hydrogen (secondary N) is 1. The van der Waals surface area contributed by atoms with E-state index in [-0.39, 0.29) is 24.2 Å². The van der Waals surface area contributed by atoms with Gasteiger partial charge in [0.1, 0.15) is 10.8 Å². The zero-order valence-corrected chi connectivity index (χ0v) is 16.9. The molecule has 7 heteroatoms. The van der Waals surface area contributed by atoms with E-state index in [0.29, 0.717) is 5.01 Å². The third kappa shape index (κ3) is 5.79. The fourth-order valence-corrected chi connectivity index (χ4v) is 4.10. The summed E-state index contributed by atoms with van der Waals surface area (Å²) in [5.74, 6) is -0.0661. The lowest BCUT2D eigenvalue weighted by Crippen LogP contribution is -2.38. The van der Waals surface area contributed by atoms with Gasteiger partial charge < -0.3 is 14.8 Å². The molecule has 3 rings (SSSR count). The molecule has 0 aliphatic heterocycles. The van der Waals surface area contributed by atoms with E-state index in [2.05, 4.69) is 10.3 Å². The van der Waals surface area contributed by atoms with Gasteiger partial charge in [0.05, 0.1) is 7.11 Å². The Morgan fingerprint density at radius 1 is 1.11 bits per heavy atom. The second kappa shape index (κ2) is 10.2. The third-order valence-electron chi connectivity index (χ3n) is 4.85. The molecule has 6 nitrogen and oxygen atoms in total. The Balaban J connectivity index is 1.49. The maximum atomic E-state index is 12.2. The zero-order chi connectivity index (χ0) is 19.8. The van der Waals surface area contributed by atoms with Crippen molar-refractivity contribution in [3.8, 4) is 16.3 Å². The molecule has 1 saturated carbocycles. The van der Waals surface area contributed by atoms with E-state index >= 15 is 0 Å². The fourth-order valence-electron chi connectivity index (χ4n) is 3.31. The van der Waals surface area contributed by atoms with Crippen molar-refractivity contribution in [1.82, 2.24) is 10.3 Å². The first-order chi connectivity index (χ1) is 13.7. The van der Waals surface area contributed by atoms with Gasteiger partial charge >= 0.3 is 5.97 Å². The fraction of sp³-hybridized carbons (Fsp3) is 0.476. The van der Waals surface area contributed by atoms with Crippen LogP contribution >= 0.6 is 11.3 Å². The van der Waals surface area contributed by atoms with E-state index in [1.807, 2.05) is 24.3 Å². The minimum Gasteiger partial charge on any atom is -0.497 e. The number of amides is 1. The predicted octanol–water partition coefficient (Wildman–Crippen LogP) is 4.20. The lowest BCUT2D eigenvalue weighted by Gasteiger charge is -2.20. The molecular formula is C21H26N2O4S. The van der Waals surface area contributed by atoms with E-state index in [1.54, 1.807) is 12.5 Å². The van der Waals surface area contributed by atoms with Gasteiger partial charge in [-0.2, -0.15) is 0 Å². The van der Waals surface area contributed by atoms with Crippen molar-refractivity contribution in [2.24, 2.45) is 0 Å². The number of rotatable bonds is 6. The molecule has 0 atom stereocenters. The Kier molecular flexibility index (Phi) is 7.42. The monoisotopic (exact) mass is 402 g/mol. The van der Waals surface area contributed by atoms with Crippen molar-refractivity contribution in [2.45, 2.75) is 51.0 Å². The zero-order valence-electron chi connectivity index (χ0n) is 16.1. The highest BCUT2D eigenvalue weighted by atomic mass is 32.1. The van der Waals surface area contributed by atoms with Gasteiger partial charge in [-0.1, -0.05) is 32.1 Å². The molecular weight excluding hydrogens is 376 g/mol. The molecule has 0 saturated heterocycles. The van der Waals surface area contributed by atoms with Gasteiger partial charge in [0.15, 0.2) is 12.3 Å². The largest absolute Gasteiger partial charge is 0.497 e. The highest BCUT2D eigenvalue weighted by Gasteiger charge is 2.17. The number of ether oxygens (including phenoxy) is 2. The Morgan fingerprint density at radius 2 is 1.79 bits per heavy atom. The Morgan fingerprint density at radius 3 is 2.46 bits per heavy atom. The lowest BCUT2D eigenvalue weighted by atomic mass is 9.97. The standard InChI is InChI=1S/C21H26N2O4S/c1-26-17-11-9-15(10-12-17)20-23-18(14-28-20)21(25)27-13-19(24)22-16-7-5-3-2-4-6-8-16/h9-12,14,16H,2-8,13H2,1H3,(H,22,24).